The summed E-state index contributed by atoms with van der Waals surface area (Å²) in [4.78, 5) is 12.5. The number of amides is 1. The van der Waals surface area contributed by atoms with Gasteiger partial charge in [0.25, 0.3) is 0 Å². The van der Waals surface area contributed by atoms with Crippen molar-refractivity contribution in [3.05, 3.63) is 12.2 Å². The Bertz CT molecular complexity index is 129. The van der Waals surface area contributed by atoms with Crippen LogP contribution in [0.15, 0.2) is 12.2 Å². The molecule has 0 aliphatic carbocycles. The van der Waals surface area contributed by atoms with Gasteiger partial charge < -0.3 is 4.90 Å². The summed E-state index contributed by atoms with van der Waals surface area (Å²) in [6, 6.07) is 0. The molecular weight excluding hydrogens is 114 g/mol. The Labute approximate surface area is 56.2 Å². The van der Waals surface area contributed by atoms with E-state index in [1.807, 2.05) is 6.92 Å². The fourth-order valence-corrected chi connectivity index (χ4v) is 0.469. The molecule has 0 aromatic carbocycles. The molecule has 0 aromatic heterocycles. The van der Waals surface area contributed by atoms with Crippen LogP contribution in [0.2, 0.25) is 0 Å². The average molecular weight is 127 g/mol. The van der Waals surface area contributed by atoms with Crippen molar-refractivity contribution in [1.29, 1.82) is 0 Å². The zero-order valence-electron chi connectivity index (χ0n) is 6.27. The summed E-state index contributed by atoms with van der Waals surface area (Å²) in [5, 5.41) is 0. The Hall–Kier alpha value is -0.790. The van der Waals surface area contributed by atoms with Crippen LogP contribution in [0.25, 0.3) is 0 Å². The maximum atomic E-state index is 10.9. The van der Waals surface area contributed by atoms with E-state index in [-0.39, 0.29) is 5.91 Å². The SMILES string of the molecule is C=C(C)C(=O)N(C)CC. The zero-order valence-corrected chi connectivity index (χ0v) is 6.27. The quantitative estimate of drug-likeness (QED) is 0.507. The van der Waals surface area contributed by atoms with E-state index in [1.54, 1.807) is 18.9 Å². The third-order valence-electron chi connectivity index (χ3n) is 1.19. The van der Waals surface area contributed by atoms with Crippen molar-refractivity contribution in [2.45, 2.75) is 13.8 Å². The normalized spacial score (nSPS) is 8.78. The monoisotopic (exact) mass is 127 g/mol. The highest BCUT2D eigenvalue weighted by molar-refractivity contribution is 5.91. The Kier molecular flexibility index (Phi) is 2.99. The van der Waals surface area contributed by atoms with E-state index in [0.717, 1.165) is 6.54 Å². The molecule has 0 bridgehead atoms. The highest BCUT2D eigenvalue weighted by atomic mass is 16.2. The lowest BCUT2D eigenvalue weighted by atomic mass is 10.3. The molecule has 0 unspecified atom stereocenters. The number of hydrogen-bond acceptors (Lipinski definition) is 1. The Morgan fingerprint density at radius 1 is 1.67 bits per heavy atom. The summed E-state index contributed by atoms with van der Waals surface area (Å²) in [6.07, 6.45) is 0. The number of rotatable bonds is 2. The van der Waals surface area contributed by atoms with Crippen LogP contribution in [0.1, 0.15) is 13.8 Å². The molecule has 0 spiro atoms. The van der Waals surface area contributed by atoms with Crippen molar-refractivity contribution in [3.63, 3.8) is 0 Å². The van der Waals surface area contributed by atoms with Crippen molar-refractivity contribution in [3.8, 4) is 0 Å². The van der Waals surface area contributed by atoms with E-state index in [1.165, 1.54) is 0 Å². The maximum Gasteiger partial charge on any atom is 0.248 e. The summed E-state index contributed by atoms with van der Waals surface area (Å²) < 4.78 is 0. The number of carbonyl (C=O) groups excluding carboxylic acids is 1. The first-order valence-electron chi connectivity index (χ1n) is 3.00. The smallest absolute Gasteiger partial charge is 0.248 e. The average Bonchev–Trinajstić information content (AvgIpc) is 1.84. The lowest BCUT2D eigenvalue weighted by Crippen LogP contribution is -2.26. The second kappa shape index (κ2) is 3.28. The van der Waals surface area contributed by atoms with Gasteiger partial charge >= 0.3 is 0 Å². The summed E-state index contributed by atoms with van der Waals surface area (Å²) in [5.74, 6) is 0.0255. The summed E-state index contributed by atoms with van der Waals surface area (Å²) in [5.41, 5.74) is 0.597. The van der Waals surface area contributed by atoms with Gasteiger partial charge in [0.1, 0.15) is 0 Å². The molecule has 0 radical (unpaired) electrons. The molecule has 0 aromatic rings. The van der Waals surface area contributed by atoms with Crippen molar-refractivity contribution in [2.24, 2.45) is 0 Å². The molecule has 0 rings (SSSR count). The van der Waals surface area contributed by atoms with Crippen LogP contribution in [0.5, 0.6) is 0 Å². The van der Waals surface area contributed by atoms with Gasteiger partial charge in [-0.3, -0.25) is 4.79 Å². The van der Waals surface area contributed by atoms with Crippen molar-refractivity contribution < 1.29 is 4.79 Å². The Morgan fingerprint density at radius 2 is 2.11 bits per heavy atom. The van der Waals surface area contributed by atoms with Crippen molar-refractivity contribution in [2.75, 3.05) is 13.6 Å². The second-order valence-corrected chi connectivity index (χ2v) is 2.10. The highest BCUT2D eigenvalue weighted by Gasteiger charge is 2.04. The summed E-state index contributed by atoms with van der Waals surface area (Å²) in [6.45, 7) is 7.92. The van der Waals surface area contributed by atoms with Crippen LogP contribution in [-0.2, 0) is 4.79 Å². The molecule has 0 N–H and O–H groups in total. The van der Waals surface area contributed by atoms with Gasteiger partial charge in [-0.05, 0) is 13.8 Å². The third-order valence-corrected chi connectivity index (χ3v) is 1.19. The lowest BCUT2D eigenvalue weighted by Gasteiger charge is -2.13. The topological polar surface area (TPSA) is 20.3 Å². The molecule has 0 heterocycles. The predicted octanol–water partition coefficient (Wildman–Crippen LogP) is 1.04. The van der Waals surface area contributed by atoms with Crippen LogP contribution in [-0.4, -0.2) is 24.4 Å². The largest absolute Gasteiger partial charge is 0.342 e. The summed E-state index contributed by atoms with van der Waals surface area (Å²) >= 11 is 0. The van der Waals surface area contributed by atoms with Gasteiger partial charge in [0.05, 0.1) is 0 Å². The zero-order chi connectivity index (χ0) is 7.44. The molecule has 52 valence electrons. The van der Waals surface area contributed by atoms with Gasteiger partial charge in [0, 0.05) is 19.2 Å². The van der Waals surface area contributed by atoms with E-state index in [4.69, 9.17) is 0 Å². The molecule has 0 aliphatic rings. The molecule has 2 heteroatoms. The van der Waals surface area contributed by atoms with E-state index >= 15 is 0 Å². The van der Waals surface area contributed by atoms with Crippen LogP contribution in [0.3, 0.4) is 0 Å². The predicted molar refractivity (Wildman–Crippen MR) is 38.1 cm³/mol. The Balaban J connectivity index is 3.88. The van der Waals surface area contributed by atoms with E-state index in [2.05, 4.69) is 6.58 Å². The third kappa shape index (κ3) is 2.31. The lowest BCUT2D eigenvalue weighted by molar-refractivity contribution is -0.125. The molecular formula is C7H13NO. The minimum absolute atomic E-state index is 0.0255. The van der Waals surface area contributed by atoms with Crippen LogP contribution in [0.4, 0.5) is 0 Å². The standard InChI is InChI=1S/C7H13NO/c1-5-8(4)7(9)6(2)3/h2,5H2,1,3-4H3. The van der Waals surface area contributed by atoms with Gasteiger partial charge in [-0.15, -0.1) is 0 Å². The minimum Gasteiger partial charge on any atom is -0.342 e. The molecule has 0 atom stereocenters. The van der Waals surface area contributed by atoms with Gasteiger partial charge in [-0.1, -0.05) is 6.58 Å². The molecule has 1 amide bonds. The first kappa shape index (κ1) is 8.21. The molecule has 9 heavy (non-hydrogen) atoms. The van der Waals surface area contributed by atoms with Crippen LogP contribution >= 0.6 is 0 Å². The number of hydrogen-bond donors (Lipinski definition) is 0. The van der Waals surface area contributed by atoms with Crippen LogP contribution in [0, 0.1) is 0 Å². The molecule has 0 aliphatic heterocycles. The van der Waals surface area contributed by atoms with E-state index in [0.29, 0.717) is 5.57 Å². The molecule has 0 saturated carbocycles. The fourth-order valence-electron chi connectivity index (χ4n) is 0.469. The summed E-state index contributed by atoms with van der Waals surface area (Å²) in [7, 11) is 1.76. The number of carbonyl (C=O) groups is 1. The first-order chi connectivity index (χ1) is 4.09. The molecule has 0 fully saturated rings. The van der Waals surface area contributed by atoms with Crippen LogP contribution < -0.4 is 0 Å². The molecule has 0 saturated heterocycles. The highest BCUT2D eigenvalue weighted by Crippen LogP contribution is 1.93. The van der Waals surface area contributed by atoms with Gasteiger partial charge in [0.15, 0.2) is 0 Å². The van der Waals surface area contributed by atoms with Gasteiger partial charge in [-0.2, -0.15) is 0 Å². The number of likely N-dealkylation sites (N-methyl/N-ethyl adjacent to an activating group) is 1. The first-order valence-corrected chi connectivity index (χ1v) is 3.00. The maximum absolute atomic E-state index is 10.9. The van der Waals surface area contributed by atoms with E-state index < -0.39 is 0 Å². The van der Waals surface area contributed by atoms with Gasteiger partial charge in [-0.25, -0.2) is 0 Å². The minimum atomic E-state index is 0.0255. The van der Waals surface area contributed by atoms with Crippen molar-refractivity contribution in [1.82, 2.24) is 4.90 Å². The van der Waals surface area contributed by atoms with Crippen molar-refractivity contribution >= 4 is 5.91 Å². The Morgan fingerprint density at radius 3 is 2.22 bits per heavy atom. The van der Waals surface area contributed by atoms with Gasteiger partial charge in [0.2, 0.25) is 5.91 Å². The van der Waals surface area contributed by atoms with E-state index in [9.17, 15) is 4.79 Å². The fraction of sp³-hybridized carbons (Fsp3) is 0.571. The second-order valence-electron chi connectivity index (χ2n) is 2.10. The number of nitrogens with zero attached hydrogens (tertiary/aromatic N) is 1. The molecule has 2 nitrogen and oxygen atoms in total.